The SMILES string of the molecule is COc1cc(N2CCNC3(CC3)C2)ccc1C(=O)Nc1cn2cc(C)nc2cn1. The maximum atomic E-state index is 12.9. The molecule has 1 saturated heterocycles. The number of nitrogens with one attached hydrogen (secondary N) is 2. The molecule has 1 aliphatic carbocycles. The van der Waals surface area contributed by atoms with Crippen LogP contribution in [0.3, 0.4) is 0 Å². The van der Waals surface area contributed by atoms with Crippen molar-refractivity contribution < 1.29 is 9.53 Å². The number of imidazole rings is 1. The van der Waals surface area contributed by atoms with Gasteiger partial charge in [0.25, 0.3) is 5.91 Å². The van der Waals surface area contributed by atoms with Gasteiger partial charge in [-0.15, -0.1) is 0 Å². The maximum Gasteiger partial charge on any atom is 0.260 e. The van der Waals surface area contributed by atoms with Crippen molar-refractivity contribution in [3.8, 4) is 5.75 Å². The normalized spacial score (nSPS) is 17.5. The van der Waals surface area contributed by atoms with E-state index in [0.717, 1.165) is 36.7 Å². The second kappa shape index (κ2) is 6.73. The first-order valence-corrected chi connectivity index (χ1v) is 9.86. The number of hydrogen-bond acceptors (Lipinski definition) is 6. The third-order valence-corrected chi connectivity index (χ3v) is 5.73. The van der Waals surface area contributed by atoms with Gasteiger partial charge in [-0.2, -0.15) is 0 Å². The summed E-state index contributed by atoms with van der Waals surface area (Å²) in [7, 11) is 1.59. The lowest BCUT2D eigenvalue weighted by Crippen LogP contribution is -2.52. The summed E-state index contributed by atoms with van der Waals surface area (Å²) in [4.78, 5) is 23.9. The molecule has 29 heavy (non-hydrogen) atoms. The van der Waals surface area contributed by atoms with Gasteiger partial charge in [0.05, 0.1) is 30.8 Å². The first kappa shape index (κ1) is 17.9. The molecule has 1 saturated carbocycles. The number of carbonyl (C=O) groups is 1. The van der Waals surface area contributed by atoms with Gasteiger partial charge < -0.3 is 24.7 Å². The minimum Gasteiger partial charge on any atom is -0.496 e. The number of methoxy groups -OCH3 is 1. The van der Waals surface area contributed by atoms with Gasteiger partial charge in [-0.25, -0.2) is 9.97 Å². The van der Waals surface area contributed by atoms with Crippen LogP contribution in [0.4, 0.5) is 11.5 Å². The van der Waals surface area contributed by atoms with Gasteiger partial charge in [-0.3, -0.25) is 4.79 Å². The van der Waals surface area contributed by atoms with E-state index in [0.29, 0.717) is 17.1 Å². The van der Waals surface area contributed by atoms with Crippen LogP contribution in [-0.2, 0) is 0 Å². The van der Waals surface area contributed by atoms with Gasteiger partial charge in [0.1, 0.15) is 11.6 Å². The van der Waals surface area contributed by atoms with Gasteiger partial charge in [-0.1, -0.05) is 0 Å². The lowest BCUT2D eigenvalue weighted by atomic mass is 10.1. The number of fused-ring (bicyclic) bond motifs is 1. The van der Waals surface area contributed by atoms with E-state index < -0.39 is 0 Å². The Morgan fingerprint density at radius 2 is 2.17 bits per heavy atom. The highest BCUT2D eigenvalue weighted by molar-refractivity contribution is 6.06. The number of piperazine rings is 1. The van der Waals surface area contributed by atoms with Crippen molar-refractivity contribution in [1.82, 2.24) is 19.7 Å². The molecular formula is C21H24N6O2. The summed E-state index contributed by atoms with van der Waals surface area (Å²) in [5.41, 5.74) is 3.49. The number of nitrogens with zero attached hydrogens (tertiary/aromatic N) is 4. The number of carbonyl (C=O) groups excluding carboxylic acids is 1. The molecule has 2 aromatic heterocycles. The van der Waals surface area contributed by atoms with E-state index in [9.17, 15) is 4.79 Å². The quantitative estimate of drug-likeness (QED) is 0.709. The van der Waals surface area contributed by atoms with Crippen LogP contribution in [0.15, 0.2) is 36.8 Å². The van der Waals surface area contributed by atoms with Gasteiger partial charge in [-0.05, 0) is 31.9 Å². The van der Waals surface area contributed by atoms with E-state index in [1.54, 1.807) is 19.5 Å². The van der Waals surface area contributed by atoms with Crippen molar-refractivity contribution in [1.29, 1.82) is 0 Å². The molecule has 3 heterocycles. The molecule has 0 bridgehead atoms. The van der Waals surface area contributed by atoms with Crippen LogP contribution in [0.5, 0.6) is 5.75 Å². The highest BCUT2D eigenvalue weighted by Crippen LogP contribution is 2.39. The predicted molar refractivity (Wildman–Crippen MR) is 111 cm³/mol. The average Bonchev–Trinajstić information content (AvgIpc) is 3.35. The molecule has 0 radical (unpaired) electrons. The van der Waals surface area contributed by atoms with Gasteiger partial charge in [0, 0.05) is 43.1 Å². The van der Waals surface area contributed by atoms with E-state index in [4.69, 9.17) is 4.74 Å². The molecule has 2 fully saturated rings. The van der Waals surface area contributed by atoms with Crippen LogP contribution in [-0.4, -0.2) is 52.6 Å². The average molecular weight is 392 g/mol. The molecule has 2 N–H and O–H groups in total. The van der Waals surface area contributed by atoms with Crippen molar-refractivity contribution in [2.45, 2.75) is 25.3 Å². The summed E-state index contributed by atoms with van der Waals surface area (Å²) >= 11 is 0. The second-order valence-electron chi connectivity index (χ2n) is 7.89. The third kappa shape index (κ3) is 3.40. The lowest BCUT2D eigenvalue weighted by Gasteiger charge is -2.36. The number of amides is 1. The first-order chi connectivity index (χ1) is 14.0. The molecule has 150 valence electrons. The van der Waals surface area contributed by atoms with Gasteiger partial charge in [0.15, 0.2) is 5.65 Å². The zero-order valence-electron chi connectivity index (χ0n) is 16.6. The molecule has 1 aromatic carbocycles. The number of ether oxygens (including phenoxy) is 1. The fourth-order valence-corrected chi connectivity index (χ4v) is 4.00. The molecular weight excluding hydrogens is 368 g/mol. The highest BCUT2D eigenvalue weighted by atomic mass is 16.5. The Kier molecular flexibility index (Phi) is 4.16. The molecule has 0 atom stereocenters. The fraction of sp³-hybridized carbons (Fsp3) is 0.381. The number of aryl methyl sites for hydroxylation is 1. The predicted octanol–water partition coefficient (Wildman–Crippen LogP) is 2.24. The zero-order valence-corrected chi connectivity index (χ0v) is 16.6. The van der Waals surface area contributed by atoms with E-state index >= 15 is 0 Å². The third-order valence-electron chi connectivity index (χ3n) is 5.73. The molecule has 8 heteroatoms. The summed E-state index contributed by atoms with van der Waals surface area (Å²) in [5, 5.41) is 6.47. The zero-order chi connectivity index (χ0) is 20.0. The minimum absolute atomic E-state index is 0.254. The number of rotatable bonds is 4. The van der Waals surface area contributed by atoms with Crippen LogP contribution >= 0.6 is 0 Å². The van der Waals surface area contributed by atoms with E-state index in [2.05, 4.69) is 25.5 Å². The smallest absolute Gasteiger partial charge is 0.260 e. The molecule has 3 aromatic rings. The summed E-state index contributed by atoms with van der Waals surface area (Å²) in [6, 6.07) is 5.77. The monoisotopic (exact) mass is 392 g/mol. The molecule has 1 amide bonds. The topological polar surface area (TPSA) is 83.8 Å². The highest BCUT2D eigenvalue weighted by Gasteiger charge is 2.45. The van der Waals surface area contributed by atoms with E-state index in [1.807, 2.05) is 35.7 Å². The Morgan fingerprint density at radius 3 is 2.97 bits per heavy atom. The first-order valence-electron chi connectivity index (χ1n) is 9.86. The standard InChI is InChI=1S/C21H24N6O2/c1-14-11-27-12-18(22-10-19(27)24-14)25-20(28)16-4-3-15(9-17(16)29-2)26-8-7-23-21(13-26)5-6-21/h3-4,9-12,23H,5-8,13H2,1-2H3,(H,25,28). The number of aromatic nitrogens is 3. The summed E-state index contributed by atoms with van der Waals surface area (Å²) in [6.07, 6.45) is 7.75. The number of hydrogen-bond donors (Lipinski definition) is 2. The van der Waals surface area contributed by atoms with Crippen molar-refractivity contribution in [2.75, 3.05) is 37.0 Å². The van der Waals surface area contributed by atoms with Crippen LogP contribution in [0.25, 0.3) is 5.65 Å². The Labute approximate surface area is 168 Å². The second-order valence-corrected chi connectivity index (χ2v) is 7.89. The van der Waals surface area contributed by atoms with Crippen molar-refractivity contribution in [3.63, 3.8) is 0 Å². The summed E-state index contributed by atoms with van der Waals surface area (Å²) < 4.78 is 7.38. The number of benzene rings is 1. The maximum absolute atomic E-state index is 12.9. The summed E-state index contributed by atoms with van der Waals surface area (Å²) in [6.45, 7) is 4.84. The number of anilines is 2. The van der Waals surface area contributed by atoms with Crippen LogP contribution in [0.2, 0.25) is 0 Å². The Hall–Kier alpha value is -3.13. The van der Waals surface area contributed by atoms with Gasteiger partial charge in [0.2, 0.25) is 0 Å². The minimum atomic E-state index is -0.254. The molecule has 5 rings (SSSR count). The van der Waals surface area contributed by atoms with Crippen molar-refractivity contribution in [2.24, 2.45) is 0 Å². The van der Waals surface area contributed by atoms with E-state index in [1.165, 1.54) is 12.8 Å². The Balaban J connectivity index is 1.37. The van der Waals surface area contributed by atoms with Crippen LogP contribution in [0.1, 0.15) is 28.9 Å². The lowest BCUT2D eigenvalue weighted by molar-refractivity contribution is 0.102. The molecule has 2 aliphatic rings. The van der Waals surface area contributed by atoms with Crippen LogP contribution < -0.4 is 20.3 Å². The summed E-state index contributed by atoms with van der Waals surface area (Å²) in [5.74, 6) is 0.766. The molecule has 1 spiro atoms. The molecule has 0 unspecified atom stereocenters. The molecule has 8 nitrogen and oxygen atoms in total. The molecule has 1 aliphatic heterocycles. The fourth-order valence-electron chi connectivity index (χ4n) is 4.00. The van der Waals surface area contributed by atoms with Gasteiger partial charge >= 0.3 is 0 Å². The van der Waals surface area contributed by atoms with E-state index in [-0.39, 0.29) is 11.4 Å². The van der Waals surface area contributed by atoms with Crippen molar-refractivity contribution in [3.05, 3.63) is 48.0 Å². The van der Waals surface area contributed by atoms with Crippen molar-refractivity contribution >= 4 is 23.1 Å². The Morgan fingerprint density at radius 1 is 1.31 bits per heavy atom. The Bertz CT molecular complexity index is 1090. The largest absolute Gasteiger partial charge is 0.496 e. The van der Waals surface area contributed by atoms with Crippen LogP contribution in [0, 0.1) is 6.92 Å².